The summed E-state index contributed by atoms with van der Waals surface area (Å²) in [5, 5.41) is 3.26. The molecule has 0 spiro atoms. The summed E-state index contributed by atoms with van der Waals surface area (Å²) in [6.45, 7) is 2.60. The van der Waals surface area contributed by atoms with Gasteiger partial charge in [0, 0.05) is 18.1 Å². The number of amides is 1. The Labute approximate surface area is 127 Å². The molecule has 0 saturated carbocycles. The minimum absolute atomic E-state index is 0. The van der Waals surface area contributed by atoms with Gasteiger partial charge in [-0.2, -0.15) is 0 Å². The van der Waals surface area contributed by atoms with Crippen molar-refractivity contribution < 1.29 is 9.18 Å². The third-order valence-corrected chi connectivity index (χ3v) is 3.70. The monoisotopic (exact) mass is 350 g/mol. The SMILES string of the molecule is CN(C[C@@H]1CCNC1)C(=O)c1ccc(Br)cc1F.Cl. The zero-order chi connectivity index (χ0) is 13.1. The van der Waals surface area contributed by atoms with Crippen LogP contribution in [0.25, 0.3) is 0 Å². The second kappa shape index (κ2) is 7.22. The van der Waals surface area contributed by atoms with Crippen LogP contribution < -0.4 is 5.32 Å². The zero-order valence-corrected chi connectivity index (χ0v) is 13.1. The molecule has 0 unspecified atom stereocenters. The van der Waals surface area contributed by atoms with Gasteiger partial charge in [0.25, 0.3) is 5.91 Å². The Bertz CT molecular complexity index is 452. The molecule has 2 rings (SSSR count). The van der Waals surface area contributed by atoms with Crippen molar-refractivity contribution in [3.05, 3.63) is 34.1 Å². The minimum Gasteiger partial charge on any atom is -0.341 e. The van der Waals surface area contributed by atoms with E-state index in [2.05, 4.69) is 21.2 Å². The average molecular weight is 352 g/mol. The zero-order valence-electron chi connectivity index (χ0n) is 10.7. The van der Waals surface area contributed by atoms with Crippen LogP contribution in [0.15, 0.2) is 22.7 Å². The van der Waals surface area contributed by atoms with E-state index < -0.39 is 5.82 Å². The maximum absolute atomic E-state index is 13.7. The molecule has 1 aromatic carbocycles. The van der Waals surface area contributed by atoms with Crippen molar-refractivity contribution in [2.45, 2.75) is 6.42 Å². The molecule has 1 aliphatic heterocycles. The van der Waals surface area contributed by atoms with Crippen LogP contribution in [0.4, 0.5) is 4.39 Å². The predicted molar refractivity (Wildman–Crippen MR) is 79.3 cm³/mol. The first-order valence-corrected chi connectivity index (χ1v) is 6.78. The van der Waals surface area contributed by atoms with Crippen LogP contribution >= 0.6 is 28.3 Å². The van der Waals surface area contributed by atoms with Gasteiger partial charge in [-0.15, -0.1) is 12.4 Å². The van der Waals surface area contributed by atoms with Crippen molar-refractivity contribution in [2.24, 2.45) is 5.92 Å². The van der Waals surface area contributed by atoms with Gasteiger partial charge in [0.1, 0.15) is 5.82 Å². The molecule has 106 valence electrons. The molecule has 19 heavy (non-hydrogen) atoms. The van der Waals surface area contributed by atoms with Crippen molar-refractivity contribution in [3.8, 4) is 0 Å². The summed E-state index contributed by atoms with van der Waals surface area (Å²) >= 11 is 3.18. The Morgan fingerprint density at radius 1 is 1.58 bits per heavy atom. The van der Waals surface area contributed by atoms with Crippen LogP contribution in [0.2, 0.25) is 0 Å². The van der Waals surface area contributed by atoms with Gasteiger partial charge < -0.3 is 10.2 Å². The quantitative estimate of drug-likeness (QED) is 0.908. The fraction of sp³-hybridized carbons (Fsp3) is 0.462. The van der Waals surface area contributed by atoms with E-state index in [9.17, 15) is 9.18 Å². The molecule has 1 fully saturated rings. The first-order chi connectivity index (χ1) is 8.58. The summed E-state index contributed by atoms with van der Waals surface area (Å²) in [5.41, 5.74) is 0.131. The highest BCUT2D eigenvalue weighted by atomic mass is 79.9. The Kier molecular flexibility index (Phi) is 6.23. The Hall–Kier alpha value is -0.650. The number of halogens is 3. The highest BCUT2D eigenvalue weighted by molar-refractivity contribution is 9.10. The molecule has 1 amide bonds. The highest BCUT2D eigenvalue weighted by Crippen LogP contribution is 2.17. The molecule has 0 radical (unpaired) electrons. The largest absolute Gasteiger partial charge is 0.341 e. The van der Waals surface area contributed by atoms with Gasteiger partial charge >= 0.3 is 0 Å². The summed E-state index contributed by atoms with van der Waals surface area (Å²) < 4.78 is 14.3. The predicted octanol–water partition coefficient (Wildman–Crippen LogP) is 2.69. The van der Waals surface area contributed by atoms with Crippen molar-refractivity contribution in [3.63, 3.8) is 0 Å². The van der Waals surface area contributed by atoms with Gasteiger partial charge in [-0.1, -0.05) is 15.9 Å². The first-order valence-electron chi connectivity index (χ1n) is 5.99. The van der Waals surface area contributed by atoms with Crippen LogP contribution in [0.5, 0.6) is 0 Å². The van der Waals surface area contributed by atoms with Gasteiger partial charge in [0.2, 0.25) is 0 Å². The Morgan fingerprint density at radius 2 is 2.32 bits per heavy atom. The molecule has 1 saturated heterocycles. The lowest BCUT2D eigenvalue weighted by atomic mass is 10.1. The van der Waals surface area contributed by atoms with E-state index in [-0.39, 0.29) is 23.9 Å². The van der Waals surface area contributed by atoms with Crippen molar-refractivity contribution >= 4 is 34.2 Å². The van der Waals surface area contributed by atoms with Crippen molar-refractivity contribution in [1.29, 1.82) is 0 Å². The molecule has 1 heterocycles. The molecule has 0 aromatic heterocycles. The number of carbonyl (C=O) groups is 1. The number of nitrogens with zero attached hydrogens (tertiary/aromatic N) is 1. The summed E-state index contributed by atoms with van der Waals surface area (Å²) in [6, 6.07) is 4.52. The molecule has 0 aliphatic carbocycles. The standard InChI is InChI=1S/C13H16BrFN2O.ClH/c1-17(8-9-4-5-16-7-9)13(18)11-3-2-10(14)6-12(11)15;/h2-3,6,9,16H,4-5,7-8H2,1H3;1H/t9-;/m1./s1. The molecule has 0 bridgehead atoms. The lowest BCUT2D eigenvalue weighted by Crippen LogP contribution is -2.33. The van der Waals surface area contributed by atoms with E-state index in [0.29, 0.717) is 16.9 Å². The van der Waals surface area contributed by atoms with E-state index in [4.69, 9.17) is 0 Å². The van der Waals surface area contributed by atoms with Crippen LogP contribution in [0.1, 0.15) is 16.8 Å². The van der Waals surface area contributed by atoms with Gasteiger partial charge in [0.05, 0.1) is 5.56 Å². The first kappa shape index (κ1) is 16.4. The number of benzene rings is 1. The van der Waals surface area contributed by atoms with E-state index in [1.165, 1.54) is 12.1 Å². The van der Waals surface area contributed by atoms with Crippen molar-refractivity contribution in [1.82, 2.24) is 10.2 Å². The van der Waals surface area contributed by atoms with Crippen LogP contribution in [0.3, 0.4) is 0 Å². The number of hydrogen-bond acceptors (Lipinski definition) is 2. The lowest BCUT2D eigenvalue weighted by molar-refractivity contribution is 0.0771. The van der Waals surface area contributed by atoms with Gasteiger partial charge in [-0.05, 0) is 43.6 Å². The summed E-state index contributed by atoms with van der Waals surface area (Å²) in [6.07, 6.45) is 1.07. The maximum atomic E-state index is 13.7. The van der Waals surface area contributed by atoms with E-state index in [1.54, 1.807) is 18.0 Å². The van der Waals surface area contributed by atoms with Gasteiger partial charge in [-0.3, -0.25) is 4.79 Å². The van der Waals surface area contributed by atoms with E-state index in [1.807, 2.05) is 0 Å². The smallest absolute Gasteiger partial charge is 0.256 e. The maximum Gasteiger partial charge on any atom is 0.256 e. The molecule has 1 aromatic rings. The average Bonchev–Trinajstić information content (AvgIpc) is 2.81. The topological polar surface area (TPSA) is 32.3 Å². The highest BCUT2D eigenvalue weighted by Gasteiger charge is 2.21. The number of carbonyl (C=O) groups excluding carboxylic acids is 1. The Morgan fingerprint density at radius 3 is 2.89 bits per heavy atom. The summed E-state index contributed by atoms with van der Waals surface area (Å²) in [5.74, 6) is -0.268. The van der Waals surface area contributed by atoms with E-state index >= 15 is 0 Å². The third kappa shape index (κ3) is 4.16. The number of nitrogens with one attached hydrogen (secondary N) is 1. The second-order valence-corrected chi connectivity index (χ2v) is 5.58. The van der Waals surface area contributed by atoms with Crippen molar-refractivity contribution in [2.75, 3.05) is 26.7 Å². The Balaban J connectivity index is 0.00000180. The molecular weight excluding hydrogens is 335 g/mol. The van der Waals surface area contributed by atoms with Gasteiger partial charge in [0.15, 0.2) is 0 Å². The molecule has 1 N–H and O–H groups in total. The lowest BCUT2D eigenvalue weighted by Gasteiger charge is -2.21. The normalized spacial score (nSPS) is 17.9. The molecule has 3 nitrogen and oxygen atoms in total. The molecular formula is C13H17BrClFN2O. The fourth-order valence-electron chi connectivity index (χ4n) is 2.21. The molecule has 6 heteroatoms. The summed E-state index contributed by atoms with van der Waals surface area (Å²) in [7, 11) is 1.72. The second-order valence-electron chi connectivity index (χ2n) is 4.67. The van der Waals surface area contributed by atoms with Crippen LogP contribution in [-0.4, -0.2) is 37.5 Å². The van der Waals surface area contributed by atoms with Crippen LogP contribution in [-0.2, 0) is 0 Å². The molecule has 1 atom stereocenters. The third-order valence-electron chi connectivity index (χ3n) is 3.20. The molecule has 1 aliphatic rings. The fourth-order valence-corrected chi connectivity index (χ4v) is 2.54. The van der Waals surface area contributed by atoms with E-state index in [0.717, 1.165) is 19.5 Å². The van der Waals surface area contributed by atoms with Gasteiger partial charge in [-0.25, -0.2) is 4.39 Å². The van der Waals surface area contributed by atoms with Crippen LogP contribution in [0, 0.1) is 11.7 Å². The number of hydrogen-bond donors (Lipinski definition) is 1. The summed E-state index contributed by atoms with van der Waals surface area (Å²) in [4.78, 5) is 13.7. The number of rotatable bonds is 3. The minimum atomic E-state index is -0.481.